The van der Waals surface area contributed by atoms with Gasteiger partial charge in [0, 0.05) is 28.4 Å². The molecule has 1 aromatic carbocycles. The molecule has 0 saturated heterocycles. The first-order valence-corrected chi connectivity index (χ1v) is 7.50. The maximum absolute atomic E-state index is 13.6. The zero-order chi connectivity index (χ0) is 14.8. The molecule has 1 amide bonds. The van der Waals surface area contributed by atoms with E-state index in [1.165, 1.54) is 23.5 Å². The Morgan fingerprint density at radius 2 is 2.33 bits per heavy atom. The van der Waals surface area contributed by atoms with Crippen LogP contribution in [-0.2, 0) is 17.8 Å². The number of carbonyl (C=O) groups is 1. The molecular weight excluding hydrogens is 313 g/mol. The molecule has 2 heterocycles. The van der Waals surface area contributed by atoms with E-state index in [9.17, 15) is 9.18 Å². The van der Waals surface area contributed by atoms with E-state index in [2.05, 4.69) is 10.3 Å². The molecule has 0 atom stereocenters. The van der Waals surface area contributed by atoms with Crippen LogP contribution in [0.5, 0.6) is 0 Å². The van der Waals surface area contributed by atoms with Gasteiger partial charge in [-0.05, 0) is 12.1 Å². The van der Waals surface area contributed by atoms with Crippen molar-refractivity contribution in [2.45, 2.75) is 13.0 Å². The van der Waals surface area contributed by atoms with Crippen LogP contribution in [-0.4, -0.2) is 15.3 Å². The van der Waals surface area contributed by atoms with Crippen LogP contribution in [0.3, 0.4) is 0 Å². The topological polar surface area (TPSA) is 46.4 Å². The fourth-order valence-corrected chi connectivity index (χ4v) is 2.92. The molecule has 0 saturated carbocycles. The maximum Gasteiger partial charge on any atom is 0.224 e. The number of nitrogens with zero attached hydrogens (tertiary/aromatic N) is 2. The van der Waals surface area contributed by atoms with Crippen molar-refractivity contribution in [3.05, 3.63) is 58.1 Å². The molecule has 2 aromatic heterocycles. The van der Waals surface area contributed by atoms with E-state index in [0.717, 1.165) is 10.7 Å². The number of hydrogen-bond acceptors (Lipinski definition) is 3. The summed E-state index contributed by atoms with van der Waals surface area (Å²) in [6.07, 6.45) is 3.66. The summed E-state index contributed by atoms with van der Waals surface area (Å²) in [5.41, 5.74) is 0.970. The number of amides is 1. The average Bonchev–Trinajstić information content (AvgIpc) is 3.01. The molecule has 1 N–H and O–H groups in total. The van der Waals surface area contributed by atoms with Crippen LogP contribution < -0.4 is 5.32 Å². The van der Waals surface area contributed by atoms with E-state index in [1.807, 2.05) is 22.2 Å². The number of rotatable bonds is 4. The van der Waals surface area contributed by atoms with Crippen molar-refractivity contribution in [1.82, 2.24) is 14.7 Å². The lowest BCUT2D eigenvalue weighted by Crippen LogP contribution is -2.25. The molecular formula is C14H11ClFN3OS. The fourth-order valence-electron chi connectivity index (χ4n) is 1.97. The third-order valence-electron chi connectivity index (χ3n) is 3.01. The third-order valence-corrected chi connectivity index (χ3v) is 4.13. The molecule has 0 aliphatic heterocycles. The van der Waals surface area contributed by atoms with E-state index in [4.69, 9.17) is 11.6 Å². The lowest BCUT2D eigenvalue weighted by atomic mass is 10.1. The molecule has 3 rings (SSSR count). The number of halogens is 2. The SMILES string of the molecule is O=C(Cc1c(F)cccc1Cl)NCc1cn2ccsc2n1. The van der Waals surface area contributed by atoms with Gasteiger partial charge in [-0.25, -0.2) is 9.37 Å². The van der Waals surface area contributed by atoms with Crippen molar-refractivity contribution in [3.8, 4) is 0 Å². The second-order valence-corrected chi connectivity index (χ2v) is 5.76. The number of fused-ring (bicyclic) bond motifs is 1. The van der Waals surface area contributed by atoms with Gasteiger partial charge in [0.2, 0.25) is 5.91 Å². The molecule has 7 heteroatoms. The third kappa shape index (κ3) is 3.06. The molecule has 108 valence electrons. The van der Waals surface area contributed by atoms with Crippen LogP contribution in [0.2, 0.25) is 5.02 Å². The average molecular weight is 324 g/mol. The minimum Gasteiger partial charge on any atom is -0.350 e. The zero-order valence-corrected chi connectivity index (χ0v) is 12.4. The molecule has 0 aliphatic rings. The number of benzene rings is 1. The van der Waals surface area contributed by atoms with Crippen LogP contribution in [0.25, 0.3) is 4.96 Å². The first kappa shape index (κ1) is 14.0. The fraction of sp³-hybridized carbons (Fsp3) is 0.143. The minimum absolute atomic E-state index is 0.0896. The van der Waals surface area contributed by atoms with Crippen molar-refractivity contribution in [2.75, 3.05) is 0 Å². The molecule has 0 fully saturated rings. The van der Waals surface area contributed by atoms with Gasteiger partial charge >= 0.3 is 0 Å². The molecule has 0 unspecified atom stereocenters. The Bertz CT molecular complexity index is 750. The summed E-state index contributed by atoms with van der Waals surface area (Å²) in [5, 5.41) is 4.91. The maximum atomic E-state index is 13.6. The lowest BCUT2D eigenvalue weighted by molar-refractivity contribution is -0.120. The Labute approximate surface area is 129 Å². The van der Waals surface area contributed by atoms with Crippen LogP contribution in [0, 0.1) is 5.82 Å². The van der Waals surface area contributed by atoms with Crippen molar-refractivity contribution >= 4 is 33.8 Å². The number of imidazole rings is 1. The van der Waals surface area contributed by atoms with Crippen LogP contribution in [0.1, 0.15) is 11.3 Å². The summed E-state index contributed by atoms with van der Waals surface area (Å²) in [7, 11) is 0. The summed E-state index contributed by atoms with van der Waals surface area (Å²) < 4.78 is 15.5. The normalized spacial score (nSPS) is 11.0. The van der Waals surface area contributed by atoms with Gasteiger partial charge in [0.25, 0.3) is 0 Å². The number of thiazole rings is 1. The van der Waals surface area contributed by atoms with E-state index in [0.29, 0.717) is 6.54 Å². The number of hydrogen-bond donors (Lipinski definition) is 1. The van der Waals surface area contributed by atoms with Gasteiger partial charge in [0.15, 0.2) is 4.96 Å². The first-order chi connectivity index (χ1) is 10.1. The quantitative estimate of drug-likeness (QED) is 0.802. The number of nitrogens with one attached hydrogen (secondary N) is 1. The van der Waals surface area contributed by atoms with Crippen LogP contribution in [0.15, 0.2) is 36.0 Å². The highest BCUT2D eigenvalue weighted by molar-refractivity contribution is 7.15. The zero-order valence-electron chi connectivity index (χ0n) is 10.8. The summed E-state index contributed by atoms with van der Waals surface area (Å²) in [6, 6.07) is 4.37. The predicted octanol–water partition coefficient (Wildman–Crippen LogP) is 3.05. The highest BCUT2D eigenvalue weighted by Gasteiger charge is 2.12. The van der Waals surface area contributed by atoms with E-state index in [1.54, 1.807) is 6.07 Å². The summed E-state index contributed by atoms with van der Waals surface area (Å²) in [4.78, 5) is 17.1. The Kier molecular flexibility index (Phi) is 3.90. The van der Waals surface area contributed by atoms with E-state index >= 15 is 0 Å². The highest BCUT2D eigenvalue weighted by Crippen LogP contribution is 2.19. The standard InChI is InChI=1S/C14H11ClFN3OS/c15-11-2-1-3-12(16)10(11)6-13(20)17-7-9-8-19-4-5-21-14(19)18-9/h1-5,8H,6-7H2,(H,17,20). The monoisotopic (exact) mass is 323 g/mol. The van der Waals surface area contributed by atoms with Crippen molar-refractivity contribution in [2.24, 2.45) is 0 Å². The first-order valence-electron chi connectivity index (χ1n) is 6.24. The summed E-state index contributed by atoms with van der Waals surface area (Å²) in [5.74, 6) is -0.765. The van der Waals surface area contributed by atoms with Gasteiger partial charge < -0.3 is 5.32 Å². The van der Waals surface area contributed by atoms with Crippen LogP contribution >= 0.6 is 22.9 Å². The Morgan fingerprint density at radius 3 is 3.10 bits per heavy atom. The van der Waals surface area contributed by atoms with Gasteiger partial charge in [-0.1, -0.05) is 17.7 Å². The minimum atomic E-state index is -0.472. The number of aromatic nitrogens is 2. The Hall–Kier alpha value is -1.92. The van der Waals surface area contributed by atoms with Crippen LogP contribution in [0.4, 0.5) is 4.39 Å². The molecule has 21 heavy (non-hydrogen) atoms. The second-order valence-electron chi connectivity index (χ2n) is 4.48. The predicted molar refractivity (Wildman–Crippen MR) is 80.0 cm³/mol. The Balaban J connectivity index is 1.63. The highest BCUT2D eigenvalue weighted by atomic mass is 35.5. The van der Waals surface area contributed by atoms with Gasteiger partial charge in [0.1, 0.15) is 5.82 Å². The molecule has 0 bridgehead atoms. The van der Waals surface area contributed by atoms with Gasteiger partial charge in [0.05, 0.1) is 18.7 Å². The summed E-state index contributed by atoms with van der Waals surface area (Å²) >= 11 is 7.42. The van der Waals surface area contributed by atoms with E-state index in [-0.39, 0.29) is 22.9 Å². The van der Waals surface area contributed by atoms with Gasteiger partial charge in [-0.15, -0.1) is 11.3 Å². The molecule has 0 radical (unpaired) electrons. The van der Waals surface area contributed by atoms with Crippen molar-refractivity contribution in [1.29, 1.82) is 0 Å². The lowest BCUT2D eigenvalue weighted by Gasteiger charge is -2.06. The van der Waals surface area contributed by atoms with Gasteiger partial charge in [-0.2, -0.15) is 0 Å². The van der Waals surface area contributed by atoms with Crippen molar-refractivity contribution < 1.29 is 9.18 Å². The van der Waals surface area contributed by atoms with E-state index < -0.39 is 5.82 Å². The molecule has 3 aromatic rings. The molecule has 0 aliphatic carbocycles. The second kappa shape index (κ2) is 5.83. The number of carbonyl (C=O) groups excluding carboxylic acids is 1. The Morgan fingerprint density at radius 1 is 1.48 bits per heavy atom. The molecule has 4 nitrogen and oxygen atoms in total. The van der Waals surface area contributed by atoms with Gasteiger partial charge in [-0.3, -0.25) is 9.20 Å². The largest absolute Gasteiger partial charge is 0.350 e. The molecule has 0 spiro atoms. The summed E-state index contributed by atoms with van der Waals surface area (Å²) in [6.45, 7) is 0.305. The smallest absolute Gasteiger partial charge is 0.224 e. The van der Waals surface area contributed by atoms with Crippen molar-refractivity contribution in [3.63, 3.8) is 0 Å².